The third kappa shape index (κ3) is 3.19. The summed E-state index contributed by atoms with van der Waals surface area (Å²) in [4.78, 5) is 16.4. The average Bonchev–Trinajstić information content (AvgIpc) is 2.41. The number of amides is 1. The van der Waals surface area contributed by atoms with Gasteiger partial charge in [-0.2, -0.15) is 0 Å². The van der Waals surface area contributed by atoms with Crippen LogP contribution in [0.15, 0.2) is 18.2 Å². The fourth-order valence-corrected chi connectivity index (χ4v) is 2.59. The molecule has 5 heteroatoms. The van der Waals surface area contributed by atoms with Gasteiger partial charge in [0.25, 0.3) is 5.91 Å². The van der Waals surface area contributed by atoms with E-state index in [4.69, 9.17) is 11.6 Å². The normalized spacial score (nSPS) is 16.9. The minimum Gasteiger partial charge on any atom is -0.506 e. The van der Waals surface area contributed by atoms with Gasteiger partial charge in [-0.1, -0.05) is 11.6 Å². The van der Waals surface area contributed by atoms with Crippen molar-refractivity contribution in [3.63, 3.8) is 0 Å². The number of nitrogens with zero attached hydrogens (tertiary/aromatic N) is 2. The number of hydrogen-bond donors (Lipinski definition) is 1. The van der Waals surface area contributed by atoms with Crippen molar-refractivity contribution in [3.05, 3.63) is 28.8 Å². The summed E-state index contributed by atoms with van der Waals surface area (Å²) in [5, 5.41) is 9.59. The Morgan fingerprint density at radius 2 is 2.00 bits per heavy atom. The monoisotopic (exact) mass is 282 g/mol. The predicted octanol–water partition coefficient (Wildman–Crippen LogP) is 2.21. The molecule has 0 bridgehead atoms. The zero-order valence-electron chi connectivity index (χ0n) is 11.3. The fourth-order valence-electron chi connectivity index (χ4n) is 2.41. The molecule has 0 aromatic heterocycles. The van der Waals surface area contributed by atoms with Crippen LogP contribution in [-0.4, -0.2) is 54.0 Å². The number of piperidine rings is 1. The Hall–Kier alpha value is -1.26. The van der Waals surface area contributed by atoms with Crippen LogP contribution >= 0.6 is 11.6 Å². The molecule has 1 aromatic carbocycles. The van der Waals surface area contributed by atoms with Gasteiger partial charge in [0.2, 0.25) is 0 Å². The molecule has 1 fully saturated rings. The Balaban J connectivity index is 2.03. The maximum atomic E-state index is 12.3. The Morgan fingerprint density at radius 1 is 1.37 bits per heavy atom. The fraction of sp³-hybridized carbons (Fsp3) is 0.500. The lowest BCUT2D eigenvalue weighted by Gasteiger charge is -2.35. The van der Waals surface area contributed by atoms with E-state index in [0.29, 0.717) is 11.6 Å². The van der Waals surface area contributed by atoms with E-state index in [9.17, 15) is 9.90 Å². The van der Waals surface area contributed by atoms with E-state index >= 15 is 0 Å². The van der Waals surface area contributed by atoms with E-state index in [0.717, 1.165) is 25.9 Å². The first kappa shape index (κ1) is 14.2. The van der Waals surface area contributed by atoms with Crippen LogP contribution < -0.4 is 0 Å². The Kier molecular flexibility index (Phi) is 4.32. The highest BCUT2D eigenvalue weighted by molar-refractivity contribution is 6.32. The summed E-state index contributed by atoms with van der Waals surface area (Å²) in [5.41, 5.74) is 0.533. The molecule has 0 unspecified atom stereocenters. The molecule has 1 heterocycles. The first-order chi connectivity index (χ1) is 8.99. The second-order valence-corrected chi connectivity index (χ2v) is 5.56. The summed E-state index contributed by atoms with van der Waals surface area (Å²) in [6.45, 7) is 1.53. The maximum Gasteiger partial charge on any atom is 0.253 e. The van der Waals surface area contributed by atoms with Crippen LogP contribution in [0.25, 0.3) is 0 Å². The molecule has 0 atom stereocenters. The highest BCUT2D eigenvalue weighted by Crippen LogP contribution is 2.25. The van der Waals surface area contributed by atoms with Crippen molar-refractivity contribution >= 4 is 17.5 Å². The van der Waals surface area contributed by atoms with Gasteiger partial charge in [0.1, 0.15) is 5.75 Å². The van der Waals surface area contributed by atoms with Crippen molar-refractivity contribution in [1.82, 2.24) is 9.80 Å². The topological polar surface area (TPSA) is 43.8 Å². The van der Waals surface area contributed by atoms with Gasteiger partial charge in [-0.25, -0.2) is 0 Å². The van der Waals surface area contributed by atoms with E-state index in [1.165, 1.54) is 12.1 Å². The molecule has 1 saturated heterocycles. The highest BCUT2D eigenvalue weighted by atomic mass is 35.5. The van der Waals surface area contributed by atoms with E-state index < -0.39 is 0 Å². The molecule has 1 amide bonds. The van der Waals surface area contributed by atoms with E-state index in [1.54, 1.807) is 6.07 Å². The number of phenolic OH excluding ortho intramolecular Hbond substituents is 1. The molecular weight excluding hydrogens is 264 g/mol. The Labute approximate surface area is 118 Å². The maximum absolute atomic E-state index is 12.3. The summed E-state index contributed by atoms with van der Waals surface area (Å²) in [5.74, 6) is -0.0105. The molecule has 1 aliphatic rings. The molecule has 0 saturated carbocycles. The van der Waals surface area contributed by atoms with Crippen molar-refractivity contribution in [2.45, 2.75) is 18.9 Å². The van der Waals surface area contributed by atoms with Gasteiger partial charge in [-0.3, -0.25) is 4.79 Å². The molecule has 1 aromatic rings. The van der Waals surface area contributed by atoms with Gasteiger partial charge >= 0.3 is 0 Å². The number of likely N-dealkylation sites (tertiary alicyclic amines) is 1. The molecule has 2 rings (SSSR count). The number of aromatic hydroxyl groups is 1. The lowest BCUT2D eigenvalue weighted by Crippen LogP contribution is -2.44. The molecule has 104 valence electrons. The molecule has 0 aliphatic carbocycles. The number of phenols is 1. The third-order valence-electron chi connectivity index (χ3n) is 3.68. The predicted molar refractivity (Wildman–Crippen MR) is 75.7 cm³/mol. The molecule has 0 spiro atoms. The van der Waals surface area contributed by atoms with Crippen LogP contribution in [-0.2, 0) is 0 Å². The summed E-state index contributed by atoms with van der Waals surface area (Å²) >= 11 is 5.83. The van der Waals surface area contributed by atoms with Crippen molar-refractivity contribution in [2.24, 2.45) is 0 Å². The quantitative estimate of drug-likeness (QED) is 0.904. The summed E-state index contributed by atoms with van der Waals surface area (Å²) in [6, 6.07) is 5.15. The average molecular weight is 283 g/mol. The van der Waals surface area contributed by atoms with Crippen LogP contribution in [0.3, 0.4) is 0 Å². The van der Waals surface area contributed by atoms with Crippen molar-refractivity contribution in [2.75, 3.05) is 27.2 Å². The number of benzene rings is 1. The van der Waals surface area contributed by atoms with Crippen molar-refractivity contribution < 1.29 is 9.90 Å². The van der Waals surface area contributed by atoms with E-state index in [-0.39, 0.29) is 16.7 Å². The van der Waals surface area contributed by atoms with E-state index in [1.807, 2.05) is 4.90 Å². The molecule has 0 radical (unpaired) electrons. The molecule has 1 aliphatic heterocycles. The standard InChI is InChI=1S/C14H19ClN2O2/c1-16(2)11-5-7-17(8-6-11)14(19)10-3-4-13(18)12(15)9-10/h3-4,9,11,18H,5-8H2,1-2H3. The largest absolute Gasteiger partial charge is 0.506 e. The van der Waals surface area contributed by atoms with Crippen LogP contribution in [0.1, 0.15) is 23.2 Å². The van der Waals surface area contributed by atoms with Crippen LogP contribution in [0, 0.1) is 0 Å². The SMILES string of the molecule is CN(C)C1CCN(C(=O)c2ccc(O)c(Cl)c2)CC1. The third-order valence-corrected chi connectivity index (χ3v) is 3.98. The minimum atomic E-state index is -0.0147. The van der Waals surface area contributed by atoms with Crippen LogP contribution in [0.2, 0.25) is 5.02 Å². The molecular formula is C14H19ClN2O2. The van der Waals surface area contributed by atoms with Crippen molar-refractivity contribution in [1.29, 1.82) is 0 Å². The van der Waals surface area contributed by atoms with E-state index in [2.05, 4.69) is 19.0 Å². The zero-order valence-corrected chi connectivity index (χ0v) is 12.0. The molecule has 4 nitrogen and oxygen atoms in total. The number of carbonyl (C=O) groups excluding carboxylic acids is 1. The number of halogens is 1. The van der Waals surface area contributed by atoms with Crippen LogP contribution in [0.4, 0.5) is 0 Å². The molecule has 1 N–H and O–H groups in total. The van der Waals surface area contributed by atoms with Gasteiger partial charge in [-0.15, -0.1) is 0 Å². The first-order valence-electron chi connectivity index (χ1n) is 6.43. The molecule has 19 heavy (non-hydrogen) atoms. The van der Waals surface area contributed by atoms with Crippen molar-refractivity contribution in [3.8, 4) is 5.75 Å². The van der Waals surface area contributed by atoms with Gasteiger partial charge in [-0.05, 0) is 45.1 Å². The first-order valence-corrected chi connectivity index (χ1v) is 6.81. The summed E-state index contributed by atoms with van der Waals surface area (Å²) in [6.07, 6.45) is 1.98. The lowest BCUT2D eigenvalue weighted by molar-refractivity contribution is 0.0663. The Bertz CT molecular complexity index is 469. The van der Waals surface area contributed by atoms with Gasteiger partial charge in [0.15, 0.2) is 0 Å². The second kappa shape index (κ2) is 5.80. The van der Waals surface area contributed by atoms with Gasteiger partial charge < -0.3 is 14.9 Å². The Morgan fingerprint density at radius 3 is 2.53 bits per heavy atom. The summed E-state index contributed by atoms with van der Waals surface area (Å²) < 4.78 is 0. The summed E-state index contributed by atoms with van der Waals surface area (Å²) in [7, 11) is 4.14. The smallest absolute Gasteiger partial charge is 0.253 e. The number of carbonyl (C=O) groups is 1. The second-order valence-electron chi connectivity index (χ2n) is 5.15. The minimum absolute atomic E-state index is 0.00420. The lowest BCUT2D eigenvalue weighted by atomic mass is 10.0. The zero-order chi connectivity index (χ0) is 14.0. The number of hydrogen-bond acceptors (Lipinski definition) is 3. The van der Waals surface area contributed by atoms with Gasteiger partial charge in [0.05, 0.1) is 5.02 Å². The van der Waals surface area contributed by atoms with Crippen LogP contribution in [0.5, 0.6) is 5.75 Å². The van der Waals surface area contributed by atoms with Gasteiger partial charge in [0, 0.05) is 24.7 Å². The highest BCUT2D eigenvalue weighted by Gasteiger charge is 2.24. The number of rotatable bonds is 2.